The van der Waals surface area contributed by atoms with Crippen LogP contribution in [0.3, 0.4) is 0 Å². The first kappa shape index (κ1) is 31.2. The van der Waals surface area contributed by atoms with Crippen LogP contribution in [0.5, 0.6) is 0 Å². The largest absolute Gasteiger partial charge is 0.369 e. The van der Waals surface area contributed by atoms with Gasteiger partial charge in [0.15, 0.2) is 0 Å². The molecule has 222 valence electrons. The fraction of sp³-hybridized carbons (Fsp3) is 0.500. The summed E-state index contributed by atoms with van der Waals surface area (Å²) in [5.74, 6) is -1.76. The van der Waals surface area contributed by atoms with Crippen molar-refractivity contribution in [1.29, 1.82) is 0 Å². The Morgan fingerprint density at radius 2 is 1.90 bits per heavy atom. The zero-order valence-corrected chi connectivity index (χ0v) is 25.2. The molecule has 0 saturated carbocycles. The number of alkyl halides is 1. The maximum Gasteiger partial charge on any atom is 0.252 e. The third kappa shape index (κ3) is 7.56. The minimum atomic E-state index is -1.09. The minimum absolute atomic E-state index is 0.0737. The maximum atomic E-state index is 15.0. The molecule has 2 heterocycles. The summed E-state index contributed by atoms with van der Waals surface area (Å²) < 4.78 is 50.0. The van der Waals surface area contributed by atoms with E-state index in [1.54, 1.807) is 11.8 Å². The molecule has 1 amide bonds. The van der Waals surface area contributed by atoms with Crippen LogP contribution in [-0.2, 0) is 16.0 Å². The summed E-state index contributed by atoms with van der Waals surface area (Å²) in [7, 11) is 0. The molecule has 4 rings (SSSR count). The zero-order valence-electron chi connectivity index (χ0n) is 24.4. The number of hydrogen-bond acceptors (Lipinski definition) is 5. The quantitative estimate of drug-likeness (QED) is 0.263. The van der Waals surface area contributed by atoms with E-state index in [1.807, 2.05) is 58.0 Å². The standard InChI is InChI=1S/C32H40F3N3O2S/c1-6-14-40-20(2)31(39)38(19-22-17-36-18-26(22)35)29(32(3,4)5)28-27(15-21-10-8-7-9-11-21)41-30(37-28)24-16-23(33)12-13-25(24)34/h7-13,16,20,22,26,29,36H,6,14-15,17-19H2,1-5H3. The number of nitrogens with one attached hydrogen (secondary N) is 1. The van der Waals surface area contributed by atoms with Gasteiger partial charge in [-0.05, 0) is 42.5 Å². The predicted octanol–water partition coefficient (Wildman–Crippen LogP) is 6.97. The van der Waals surface area contributed by atoms with Crippen molar-refractivity contribution in [2.24, 2.45) is 11.3 Å². The third-order valence-electron chi connectivity index (χ3n) is 7.38. The van der Waals surface area contributed by atoms with Gasteiger partial charge in [-0.15, -0.1) is 11.3 Å². The maximum absolute atomic E-state index is 15.0. The highest BCUT2D eigenvalue weighted by molar-refractivity contribution is 7.15. The van der Waals surface area contributed by atoms with Crippen LogP contribution in [0.2, 0.25) is 0 Å². The highest BCUT2D eigenvalue weighted by Crippen LogP contribution is 2.44. The summed E-state index contributed by atoms with van der Waals surface area (Å²) in [5.41, 5.74) is 1.18. The minimum Gasteiger partial charge on any atom is -0.369 e. The highest BCUT2D eigenvalue weighted by Gasteiger charge is 2.42. The van der Waals surface area contributed by atoms with Gasteiger partial charge in [0.25, 0.3) is 5.91 Å². The normalized spacial score (nSPS) is 18.8. The molecule has 3 aromatic rings. The summed E-state index contributed by atoms with van der Waals surface area (Å²) >= 11 is 1.30. The van der Waals surface area contributed by atoms with Gasteiger partial charge in [-0.25, -0.2) is 18.2 Å². The van der Waals surface area contributed by atoms with E-state index < -0.39 is 41.3 Å². The first-order valence-corrected chi connectivity index (χ1v) is 15.1. The van der Waals surface area contributed by atoms with E-state index in [1.165, 1.54) is 11.3 Å². The predicted molar refractivity (Wildman–Crippen MR) is 158 cm³/mol. The molecule has 1 fully saturated rings. The van der Waals surface area contributed by atoms with Gasteiger partial charge >= 0.3 is 0 Å². The van der Waals surface area contributed by atoms with E-state index in [0.717, 1.165) is 35.1 Å². The van der Waals surface area contributed by atoms with Crippen LogP contribution in [-0.4, -0.2) is 54.3 Å². The van der Waals surface area contributed by atoms with Gasteiger partial charge in [-0.3, -0.25) is 4.79 Å². The molecule has 1 N–H and O–H groups in total. The van der Waals surface area contributed by atoms with Crippen molar-refractivity contribution in [3.05, 3.63) is 76.3 Å². The number of carbonyl (C=O) groups is 1. The van der Waals surface area contributed by atoms with Gasteiger partial charge in [0, 0.05) is 49.0 Å². The van der Waals surface area contributed by atoms with Gasteiger partial charge in [0.1, 0.15) is 28.9 Å². The number of aromatic nitrogens is 1. The number of thiazole rings is 1. The second-order valence-corrected chi connectivity index (χ2v) is 12.9. The molecule has 1 aliphatic rings. The lowest BCUT2D eigenvalue weighted by Gasteiger charge is -2.42. The molecule has 4 unspecified atom stereocenters. The van der Waals surface area contributed by atoms with Crippen LogP contribution < -0.4 is 5.32 Å². The Labute approximate surface area is 245 Å². The molecule has 4 atom stereocenters. The lowest BCUT2D eigenvalue weighted by Crippen LogP contribution is -2.49. The number of rotatable bonds is 11. The summed E-state index contributed by atoms with van der Waals surface area (Å²) in [6.07, 6.45) is -0.565. The Kier molecular flexibility index (Phi) is 10.3. The van der Waals surface area contributed by atoms with Crippen molar-refractivity contribution in [2.75, 3.05) is 26.2 Å². The summed E-state index contributed by atoms with van der Waals surface area (Å²) in [6.45, 7) is 11.1. The topological polar surface area (TPSA) is 54.5 Å². The fourth-order valence-electron chi connectivity index (χ4n) is 5.34. The number of nitrogens with zero attached hydrogens (tertiary/aromatic N) is 2. The van der Waals surface area contributed by atoms with E-state index in [0.29, 0.717) is 30.3 Å². The van der Waals surface area contributed by atoms with Crippen LogP contribution in [0.25, 0.3) is 10.6 Å². The average Bonchev–Trinajstić information content (AvgIpc) is 3.53. The van der Waals surface area contributed by atoms with Crippen LogP contribution in [0.4, 0.5) is 13.2 Å². The molecule has 41 heavy (non-hydrogen) atoms. The van der Waals surface area contributed by atoms with E-state index in [2.05, 4.69) is 5.32 Å². The smallest absolute Gasteiger partial charge is 0.252 e. The third-order valence-corrected chi connectivity index (χ3v) is 8.48. The Morgan fingerprint density at radius 1 is 1.17 bits per heavy atom. The molecule has 0 bridgehead atoms. The molecule has 9 heteroatoms. The molecular formula is C32H40F3N3O2S. The van der Waals surface area contributed by atoms with E-state index in [9.17, 15) is 18.0 Å². The number of hydrogen-bond donors (Lipinski definition) is 1. The van der Waals surface area contributed by atoms with E-state index in [-0.39, 0.29) is 24.6 Å². The lowest BCUT2D eigenvalue weighted by molar-refractivity contribution is -0.149. The summed E-state index contributed by atoms with van der Waals surface area (Å²) in [5, 5.41) is 3.43. The summed E-state index contributed by atoms with van der Waals surface area (Å²) in [6, 6.07) is 12.6. The Morgan fingerprint density at radius 3 is 2.54 bits per heavy atom. The van der Waals surface area contributed by atoms with E-state index in [4.69, 9.17) is 9.72 Å². The van der Waals surface area contributed by atoms with E-state index >= 15 is 0 Å². The van der Waals surface area contributed by atoms with Crippen molar-refractivity contribution in [2.45, 2.75) is 65.8 Å². The second-order valence-electron chi connectivity index (χ2n) is 11.8. The molecule has 0 spiro atoms. The van der Waals surface area contributed by atoms with Gasteiger partial charge in [0.05, 0.1) is 11.7 Å². The van der Waals surface area contributed by atoms with Gasteiger partial charge in [-0.2, -0.15) is 0 Å². The molecule has 1 aromatic heterocycles. The molecule has 0 radical (unpaired) electrons. The van der Waals surface area contributed by atoms with Crippen LogP contribution >= 0.6 is 11.3 Å². The number of halogens is 3. The molecule has 1 aliphatic heterocycles. The van der Waals surface area contributed by atoms with Crippen LogP contribution in [0.15, 0.2) is 48.5 Å². The fourth-order valence-corrected chi connectivity index (χ4v) is 6.49. The number of carbonyl (C=O) groups excluding carboxylic acids is 1. The zero-order chi connectivity index (χ0) is 29.7. The highest BCUT2D eigenvalue weighted by atomic mass is 32.1. The van der Waals surface area contributed by atoms with Crippen molar-refractivity contribution in [3.8, 4) is 10.6 Å². The number of ether oxygens (including phenoxy) is 1. The van der Waals surface area contributed by atoms with Crippen LogP contribution in [0.1, 0.15) is 63.2 Å². The molecular weight excluding hydrogens is 547 g/mol. The Balaban J connectivity index is 1.87. The monoisotopic (exact) mass is 587 g/mol. The van der Waals surface area contributed by atoms with Crippen LogP contribution in [0, 0.1) is 23.0 Å². The number of benzene rings is 2. The first-order valence-electron chi connectivity index (χ1n) is 14.2. The summed E-state index contributed by atoms with van der Waals surface area (Å²) in [4.78, 5) is 21.6. The van der Waals surface area contributed by atoms with Gasteiger partial charge in [0.2, 0.25) is 0 Å². The molecule has 0 aliphatic carbocycles. The van der Waals surface area contributed by atoms with Crippen molar-refractivity contribution < 1.29 is 22.7 Å². The molecule has 5 nitrogen and oxygen atoms in total. The number of amides is 1. The first-order chi connectivity index (χ1) is 19.5. The molecule has 1 saturated heterocycles. The van der Waals surface area contributed by atoms with Crippen molar-refractivity contribution in [1.82, 2.24) is 15.2 Å². The Hall–Kier alpha value is -2.75. The molecule has 2 aromatic carbocycles. The van der Waals surface area contributed by atoms with Crippen molar-refractivity contribution in [3.63, 3.8) is 0 Å². The lowest BCUT2D eigenvalue weighted by atomic mass is 9.81. The average molecular weight is 588 g/mol. The SMILES string of the molecule is CCCOC(C)C(=O)N(CC1CNCC1F)C(c1nc(-c2cc(F)ccc2F)sc1Cc1ccccc1)C(C)(C)C. The van der Waals surface area contributed by atoms with Crippen molar-refractivity contribution >= 4 is 17.2 Å². The van der Waals surface area contributed by atoms with Gasteiger partial charge in [-0.1, -0.05) is 58.0 Å². The Bertz CT molecular complexity index is 1310. The van der Waals surface area contributed by atoms with Gasteiger partial charge < -0.3 is 15.0 Å². The second kappa shape index (κ2) is 13.5.